The first-order valence-electron chi connectivity index (χ1n) is 5.09. The summed E-state index contributed by atoms with van der Waals surface area (Å²) < 4.78 is 5.35. The van der Waals surface area contributed by atoms with Crippen molar-refractivity contribution in [1.29, 1.82) is 0 Å². The standard InChI is InChI=1S/C12H15NO2/c1-13(2)12(14)10-3-4-11-8-15-6-5-9(11)7-10/h3-4,7H,5-6,8H2,1-2H3. The highest BCUT2D eigenvalue weighted by atomic mass is 16.5. The van der Waals surface area contributed by atoms with Gasteiger partial charge in [0.25, 0.3) is 5.91 Å². The fraction of sp³-hybridized carbons (Fsp3) is 0.417. The van der Waals surface area contributed by atoms with Crippen molar-refractivity contribution >= 4 is 5.91 Å². The van der Waals surface area contributed by atoms with Crippen LogP contribution in [0.2, 0.25) is 0 Å². The summed E-state index contributed by atoms with van der Waals surface area (Å²) in [7, 11) is 3.54. The van der Waals surface area contributed by atoms with Gasteiger partial charge in [0.05, 0.1) is 13.2 Å². The molecular weight excluding hydrogens is 190 g/mol. The summed E-state index contributed by atoms with van der Waals surface area (Å²) in [6, 6.07) is 5.85. The van der Waals surface area contributed by atoms with Crippen molar-refractivity contribution in [2.24, 2.45) is 0 Å². The Morgan fingerprint density at radius 1 is 1.33 bits per heavy atom. The summed E-state index contributed by atoms with van der Waals surface area (Å²) in [5.41, 5.74) is 3.21. The van der Waals surface area contributed by atoms with E-state index < -0.39 is 0 Å². The Morgan fingerprint density at radius 2 is 2.13 bits per heavy atom. The van der Waals surface area contributed by atoms with Gasteiger partial charge < -0.3 is 9.64 Å². The summed E-state index contributed by atoms with van der Waals surface area (Å²) >= 11 is 0. The zero-order valence-electron chi connectivity index (χ0n) is 9.12. The lowest BCUT2D eigenvalue weighted by atomic mass is 10.00. The number of benzene rings is 1. The smallest absolute Gasteiger partial charge is 0.253 e. The molecule has 0 saturated heterocycles. The van der Waals surface area contributed by atoms with Gasteiger partial charge in [-0.1, -0.05) is 6.07 Å². The molecule has 0 saturated carbocycles. The average Bonchev–Trinajstić information content (AvgIpc) is 2.27. The Morgan fingerprint density at radius 3 is 2.87 bits per heavy atom. The second-order valence-corrected chi connectivity index (χ2v) is 3.99. The van der Waals surface area contributed by atoms with Gasteiger partial charge >= 0.3 is 0 Å². The first kappa shape index (κ1) is 10.2. The molecule has 15 heavy (non-hydrogen) atoms. The zero-order chi connectivity index (χ0) is 10.8. The Bertz CT molecular complexity index is 385. The second kappa shape index (κ2) is 4.03. The van der Waals surface area contributed by atoms with Crippen molar-refractivity contribution < 1.29 is 9.53 Å². The lowest BCUT2D eigenvalue weighted by Crippen LogP contribution is -2.22. The van der Waals surface area contributed by atoms with Crippen molar-refractivity contribution in [3.8, 4) is 0 Å². The number of nitrogens with zero attached hydrogens (tertiary/aromatic N) is 1. The first-order chi connectivity index (χ1) is 7.18. The normalized spacial score (nSPS) is 14.5. The van der Waals surface area contributed by atoms with E-state index in [1.165, 1.54) is 11.1 Å². The maximum Gasteiger partial charge on any atom is 0.253 e. The van der Waals surface area contributed by atoms with Crippen LogP contribution in [0.1, 0.15) is 21.5 Å². The molecule has 0 aromatic heterocycles. The van der Waals surface area contributed by atoms with Crippen molar-refractivity contribution in [3.05, 3.63) is 34.9 Å². The molecule has 0 aliphatic carbocycles. The van der Waals surface area contributed by atoms with E-state index in [1.54, 1.807) is 19.0 Å². The van der Waals surface area contributed by atoms with E-state index in [0.717, 1.165) is 18.6 Å². The Hall–Kier alpha value is -1.35. The largest absolute Gasteiger partial charge is 0.376 e. The van der Waals surface area contributed by atoms with Crippen LogP contribution in [0.25, 0.3) is 0 Å². The van der Waals surface area contributed by atoms with E-state index in [4.69, 9.17) is 4.74 Å². The van der Waals surface area contributed by atoms with Crippen LogP contribution in [0, 0.1) is 0 Å². The molecular formula is C12H15NO2. The highest BCUT2D eigenvalue weighted by Gasteiger charge is 2.13. The monoisotopic (exact) mass is 205 g/mol. The Kier molecular flexibility index (Phi) is 2.73. The quantitative estimate of drug-likeness (QED) is 0.694. The van der Waals surface area contributed by atoms with E-state index in [2.05, 4.69) is 0 Å². The number of rotatable bonds is 1. The molecule has 0 atom stereocenters. The third kappa shape index (κ3) is 2.02. The summed E-state index contributed by atoms with van der Waals surface area (Å²) in [5.74, 6) is 0.0595. The van der Waals surface area contributed by atoms with Crippen LogP contribution in [0.3, 0.4) is 0 Å². The zero-order valence-corrected chi connectivity index (χ0v) is 9.12. The maximum absolute atomic E-state index is 11.7. The molecule has 1 amide bonds. The molecule has 3 heteroatoms. The number of fused-ring (bicyclic) bond motifs is 1. The molecule has 0 bridgehead atoms. The molecule has 0 unspecified atom stereocenters. The van der Waals surface area contributed by atoms with Crippen LogP contribution < -0.4 is 0 Å². The highest BCUT2D eigenvalue weighted by Crippen LogP contribution is 2.18. The van der Waals surface area contributed by atoms with Crippen molar-refractivity contribution in [1.82, 2.24) is 4.90 Å². The van der Waals surface area contributed by atoms with E-state index in [-0.39, 0.29) is 5.91 Å². The molecule has 1 heterocycles. The minimum Gasteiger partial charge on any atom is -0.376 e. The molecule has 80 valence electrons. The lowest BCUT2D eigenvalue weighted by Gasteiger charge is -2.18. The number of amides is 1. The molecule has 2 rings (SSSR count). The van der Waals surface area contributed by atoms with Crippen molar-refractivity contribution in [2.75, 3.05) is 20.7 Å². The predicted octanol–water partition coefficient (Wildman–Crippen LogP) is 1.46. The minimum atomic E-state index is 0.0595. The molecule has 0 spiro atoms. The molecule has 3 nitrogen and oxygen atoms in total. The van der Waals surface area contributed by atoms with E-state index >= 15 is 0 Å². The number of hydrogen-bond acceptors (Lipinski definition) is 2. The van der Waals surface area contributed by atoms with Gasteiger partial charge in [-0.3, -0.25) is 4.79 Å². The highest BCUT2D eigenvalue weighted by molar-refractivity contribution is 5.94. The average molecular weight is 205 g/mol. The molecule has 1 aliphatic heterocycles. The van der Waals surface area contributed by atoms with Gasteiger partial charge in [-0.15, -0.1) is 0 Å². The fourth-order valence-corrected chi connectivity index (χ4v) is 1.75. The van der Waals surface area contributed by atoms with Crippen molar-refractivity contribution in [3.63, 3.8) is 0 Å². The van der Waals surface area contributed by atoms with Gasteiger partial charge in [-0.05, 0) is 29.7 Å². The molecule has 1 aliphatic rings. The topological polar surface area (TPSA) is 29.5 Å². The molecule has 0 N–H and O–H groups in total. The van der Waals surface area contributed by atoms with Crippen LogP contribution in [0.5, 0.6) is 0 Å². The van der Waals surface area contributed by atoms with Crippen LogP contribution in [-0.2, 0) is 17.8 Å². The van der Waals surface area contributed by atoms with Gasteiger partial charge in [-0.25, -0.2) is 0 Å². The predicted molar refractivity (Wildman–Crippen MR) is 57.8 cm³/mol. The molecule has 0 fully saturated rings. The van der Waals surface area contributed by atoms with Crippen LogP contribution in [-0.4, -0.2) is 31.5 Å². The van der Waals surface area contributed by atoms with Gasteiger partial charge in [0, 0.05) is 19.7 Å². The summed E-state index contributed by atoms with van der Waals surface area (Å²) in [4.78, 5) is 13.3. The van der Waals surface area contributed by atoms with Gasteiger partial charge in [-0.2, -0.15) is 0 Å². The SMILES string of the molecule is CN(C)C(=O)c1ccc2c(c1)CCOC2. The number of ether oxygens (including phenoxy) is 1. The minimum absolute atomic E-state index is 0.0595. The molecule has 1 aromatic rings. The van der Waals surface area contributed by atoms with Crippen LogP contribution in [0.4, 0.5) is 0 Å². The third-order valence-corrected chi connectivity index (χ3v) is 2.63. The number of carbonyl (C=O) groups excluding carboxylic acids is 1. The van der Waals surface area contributed by atoms with E-state index in [1.807, 2.05) is 18.2 Å². The first-order valence-corrected chi connectivity index (χ1v) is 5.09. The fourth-order valence-electron chi connectivity index (χ4n) is 1.75. The summed E-state index contributed by atoms with van der Waals surface area (Å²) in [6.07, 6.45) is 0.907. The van der Waals surface area contributed by atoms with E-state index in [0.29, 0.717) is 6.61 Å². The Labute approximate surface area is 89.7 Å². The lowest BCUT2D eigenvalue weighted by molar-refractivity contribution is 0.0826. The Balaban J connectivity index is 2.32. The van der Waals surface area contributed by atoms with Gasteiger partial charge in [0.15, 0.2) is 0 Å². The van der Waals surface area contributed by atoms with Crippen LogP contribution in [0.15, 0.2) is 18.2 Å². The third-order valence-electron chi connectivity index (χ3n) is 2.63. The summed E-state index contributed by atoms with van der Waals surface area (Å²) in [5, 5.41) is 0. The van der Waals surface area contributed by atoms with Crippen LogP contribution >= 0.6 is 0 Å². The molecule has 1 aromatic carbocycles. The van der Waals surface area contributed by atoms with Crippen molar-refractivity contribution in [2.45, 2.75) is 13.0 Å². The van der Waals surface area contributed by atoms with E-state index in [9.17, 15) is 4.79 Å². The second-order valence-electron chi connectivity index (χ2n) is 3.99. The van der Waals surface area contributed by atoms with Gasteiger partial charge in [0.1, 0.15) is 0 Å². The molecule has 0 radical (unpaired) electrons. The van der Waals surface area contributed by atoms with Gasteiger partial charge in [0.2, 0.25) is 0 Å². The maximum atomic E-state index is 11.7. The number of carbonyl (C=O) groups is 1. The summed E-state index contributed by atoms with van der Waals surface area (Å²) in [6.45, 7) is 1.43. The number of hydrogen-bond donors (Lipinski definition) is 0.